The van der Waals surface area contributed by atoms with Gasteiger partial charge in [-0.2, -0.15) is 0 Å². The summed E-state index contributed by atoms with van der Waals surface area (Å²) in [6.45, 7) is 7.01. The van der Waals surface area contributed by atoms with Crippen molar-refractivity contribution in [2.45, 2.75) is 0 Å². The van der Waals surface area contributed by atoms with Gasteiger partial charge in [-0.05, 0) is 23.3 Å². The summed E-state index contributed by atoms with van der Waals surface area (Å²) >= 11 is 0. The van der Waals surface area contributed by atoms with Crippen molar-refractivity contribution < 1.29 is 24.9 Å². The van der Waals surface area contributed by atoms with Crippen molar-refractivity contribution in [3.8, 4) is 23.0 Å². The van der Waals surface area contributed by atoms with Crippen molar-refractivity contribution in [3.63, 3.8) is 0 Å². The number of aromatic hydroxyl groups is 3. The molecule has 0 aliphatic heterocycles. The zero-order valence-electron chi connectivity index (χ0n) is 13.5. The second-order valence-electron chi connectivity index (χ2n) is 5.16. The fourth-order valence-electron chi connectivity index (χ4n) is 2.26. The highest BCUT2D eigenvalue weighted by Gasteiger charge is 2.18. The zero-order valence-corrected chi connectivity index (χ0v) is 13.5. The van der Waals surface area contributed by atoms with Crippen LogP contribution in [0.2, 0.25) is 0 Å². The van der Waals surface area contributed by atoms with E-state index in [9.17, 15) is 20.1 Å². The van der Waals surface area contributed by atoms with Gasteiger partial charge >= 0.3 is 0 Å². The van der Waals surface area contributed by atoms with Gasteiger partial charge in [-0.25, -0.2) is 0 Å². The Labute approximate surface area is 145 Å². The van der Waals surface area contributed by atoms with E-state index in [4.69, 9.17) is 4.74 Å². The van der Waals surface area contributed by atoms with E-state index in [0.29, 0.717) is 5.75 Å². The number of hydrogen-bond donors (Lipinski definition) is 3. The van der Waals surface area contributed by atoms with Crippen LogP contribution in [0.15, 0.2) is 67.8 Å². The van der Waals surface area contributed by atoms with E-state index in [0.717, 1.165) is 23.3 Å². The lowest BCUT2D eigenvalue weighted by Crippen LogP contribution is -2.12. The van der Waals surface area contributed by atoms with Gasteiger partial charge in [-0.1, -0.05) is 43.5 Å². The molecule has 2 rings (SSSR count). The van der Waals surface area contributed by atoms with Gasteiger partial charge in [0, 0.05) is 12.1 Å². The summed E-state index contributed by atoms with van der Waals surface area (Å²) in [7, 11) is 0. The number of allylic oxidation sites excluding steroid dienone is 4. The molecule has 0 unspecified atom stereocenters. The van der Waals surface area contributed by atoms with Crippen LogP contribution in [0, 0.1) is 0 Å². The van der Waals surface area contributed by atoms with Crippen molar-refractivity contribution in [1.29, 1.82) is 0 Å². The summed E-state index contributed by atoms with van der Waals surface area (Å²) < 4.78 is 5.39. The average Bonchev–Trinajstić information content (AvgIpc) is 2.57. The normalized spacial score (nSPS) is 11.0. The number of ketones is 1. The van der Waals surface area contributed by atoms with E-state index in [-0.39, 0.29) is 17.9 Å². The first kappa shape index (κ1) is 17.9. The number of benzene rings is 2. The maximum Gasteiger partial charge on any atom is 0.207 e. The lowest BCUT2D eigenvalue weighted by atomic mass is 10.1. The van der Waals surface area contributed by atoms with E-state index in [2.05, 4.69) is 13.2 Å². The molecule has 0 amide bonds. The molecule has 0 fully saturated rings. The monoisotopic (exact) mass is 338 g/mol. The average molecular weight is 338 g/mol. The molecule has 0 atom stereocenters. The number of hydrogen-bond acceptors (Lipinski definition) is 5. The largest absolute Gasteiger partial charge is 0.508 e. The Morgan fingerprint density at radius 1 is 1.04 bits per heavy atom. The molecule has 0 aliphatic carbocycles. The van der Waals surface area contributed by atoms with Crippen LogP contribution in [0.1, 0.15) is 15.9 Å². The van der Waals surface area contributed by atoms with Crippen molar-refractivity contribution in [3.05, 3.63) is 78.9 Å². The van der Waals surface area contributed by atoms with Crippen molar-refractivity contribution >= 4 is 11.4 Å². The molecule has 0 saturated heterocycles. The standard InChI is InChI=1S/C20H18O5/c1-3-5-13(4-2)14-6-8-16(9-7-14)25-12-19(24)20-17(22)10-15(21)11-18(20)23/h3-11,21-23H,1-2,12H2/b13-5+. The minimum atomic E-state index is -0.614. The molecule has 0 radical (unpaired) electrons. The Kier molecular flexibility index (Phi) is 5.63. The highest BCUT2D eigenvalue weighted by molar-refractivity contribution is 6.02. The molecule has 0 aromatic heterocycles. The highest BCUT2D eigenvalue weighted by atomic mass is 16.5. The first-order valence-electron chi connectivity index (χ1n) is 7.42. The lowest BCUT2D eigenvalue weighted by Gasteiger charge is -2.09. The van der Waals surface area contributed by atoms with Crippen LogP contribution < -0.4 is 4.74 Å². The van der Waals surface area contributed by atoms with Crippen molar-refractivity contribution in [2.24, 2.45) is 0 Å². The summed E-state index contributed by atoms with van der Waals surface area (Å²) in [5, 5.41) is 28.6. The van der Waals surface area contributed by atoms with E-state index in [1.165, 1.54) is 0 Å². The van der Waals surface area contributed by atoms with Crippen LogP contribution in [0.4, 0.5) is 0 Å². The molecule has 0 aliphatic rings. The molecule has 128 valence electrons. The van der Waals surface area contributed by atoms with Gasteiger partial charge in [0.25, 0.3) is 0 Å². The van der Waals surface area contributed by atoms with E-state index >= 15 is 0 Å². The third-order valence-electron chi connectivity index (χ3n) is 3.44. The summed E-state index contributed by atoms with van der Waals surface area (Å²) in [4.78, 5) is 12.1. The second kappa shape index (κ2) is 7.88. The maximum atomic E-state index is 12.1. The van der Waals surface area contributed by atoms with E-state index < -0.39 is 17.3 Å². The molecular weight excluding hydrogens is 320 g/mol. The number of ether oxygens (including phenoxy) is 1. The highest BCUT2D eigenvalue weighted by Crippen LogP contribution is 2.32. The van der Waals surface area contributed by atoms with Gasteiger partial charge in [0.15, 0.2) is 6.61 Å². The first-order valence-corrected chi connectivity index (χ1v) is 7.42. The molecular formula is C20H18O5. The quantitative estimate of drug-likeness (QED) is 0.528. The zero-order chi connectivity index (χ0) is 18.4. The van der Waals surface area contributed by atoms with Crippen LogP contribution in [-0.2, 0) is 0 Å². The first-order chi connectivity index (χ1) is 12.0. The predicted octanol–water partition coefficient (Wildman–Crippen LogP) is 3.82. The third-order valence-corrected chi connectivity index (χ3v) is 3.44. The molecule has 0 bridgehead atoms. The van der Waals surface area contributed by atoms with Crippen LogP contribution >= 0.6 is 0 Å². The van der Waals surface area contributed by atoms with Crippen LogP contribution in [0.25, 0.3) is 5.57 Å². The lowest BCUT2D eigenvalue weighted by molar-refractivity contribution is 0.0916. The molecule has 0 heterocycles. The van der Waals surface area contributed by atoms with E-state index in [1.54, 1.807) is 24.3 Å². The van der Waals surface area contributed by atoms with Gasteiger partial charge in [0.05, 0.1) is 0 Å². The van der Waals surface area contributed by atoms with Gasteiger partial charge in [-0.15, -0.1) is 0 Å². The number of carbonyl (C=O) groups is 1. The molecule has 0 spiro atoms. The number of rotatable bonds is 7. The minimum Gasteiger partial charge on any atom is -0.508 e. The Bertz CT molecular complexity index is 809. The minimum absolute atomic E-state index is 0.294. The molecule has 2 aromatic carbocycles. The van der Waals surface area contributed by atoms with Crippen molar-refractivity contribution in [1.82, 2.24) is 0 Å². The summed E-state index contributed by atoms with van der Waals surface area (Å²) in [6, 6.07) is 8.97. The smallest absolute Gasteiger partial charge is 0.207 e. The SMILES string of the molecule is C=C/C=C(\C=C)c1ccc(OCC(=O)c2c(O)cc(O)cc2O)cc1. The predicted molar refractivity (Wildman–Crippen MR) is 96.1 cm³/mol. The van der Waals surface area contributed by atoms with Crippen LogP contribution in [0.5, 0.6) is 23.0 Å². The van der Waals surface area contributed by atoms with Crippen molar-refractivity contribution in [2.75, 3.05) is 6.61 Å². The third kappa shape index (κ3) is 4.29. The second-order valence-corrected chi connectivity index (χ2v) is 5.16. The Morgan fingerprint density at radius 3 is 2.16 bits per heavy atom. The Balaban J connectivity index is 2.09. The van der Waals surface area contributed by atoms with Gasteiger partial charge in [0.1, 0.15) is 28.6 Å². The number of carbonyl (C=O) groups excluding carboxylic acids is 1. The number of phenolic OH excluding ortho intramolecular Hbond substituents is 3. The molecule has 25 heavy (non-hydrogen) atoms. The summed E-state index contributed by atoms with van der Waals surface area (Å²) in [6.07, 6.45) is 5.19. The Morgan fingerprint density at radius 2 is 1.64 bits per heavy atom. The molecule has 5 nitrogen and oxygen atoms in total. The summed E-state index contributed by atoms with van der Waals surface area (Å²) in [5.74, 6) is -1.51. The van der Waals surface area contributed by atoms with Crippen LogP contribution in [0.3, 0.4) is 0 Å². The van der Waals surface area contributed by atoms with Gasteiger partial charge in [-0.3, -0.25) is 4.79 Å². The summed E-state index contributed by atoms with van der Waals surface area (Å²) in [5.41, 5.74) is 1.52. The number of phenols is 3. The van der Waals surface area contributed by atoms with Gasteiger partial charge < -0.3 is 20.1 Å². The molecule has 2 aromatic rings. The fourth-order valence-corrected chi connectivity index (χ4v) is 2.26. The molecule has 5 heteroatoms. The fraction of sp³-hybridized carbons (Fsp3) is 0.0500. The topological polar surface area (TPSA) is 87.0 Å². The Hall–Kier alpha value is -3.47. The van der Waals surface area contributed by atoms with Crippen LogP contribution in [-0.4, -0.2) is 27.7 Å². The molecule has 0 saturated carbocycles. The van der Waals surface area contributed by atoms with Gasteiger partial charge in [0.2, 0.25) is 5.78 Å². The maximum absolute atomic E-state index is 12.1. The number of Topliss-reactive ketones (excluding diaryl/α,β-unsaturated/α-hetero) is 1. The molecule has 3 N–H and O–H groups in total. The van der Waals surface area contributed by atoms with E-state index in [1.807, 2.05) is 18.2 Å².